The molecule has 2 aromatic rings. The van der Waals surface area contributed by atoms with Gasteiger partial charge in [-0.15, -0.1) is 0 Å². The van der Waals surface area contributed by atoms with Gasteiger partial charge in [-0.05, 0) is 50.1 Å². The highest BCUT2D eigenvalue weighted by Crippen LogP contribution is 2.20. The van der Waals surface area contributed by atoms with Crippen molar-refractivity contribution in [1.29, 1.82) is 0 Å². The molecule has 0 aliphatic carbocycles. The number of hydrogen-bond acceptors (Lipinski definition) is 3. The van der Waals surface area contributed by atoms with E-state index < -0.39 is 6.10 Å². The molecular weight excluding hydrogens is 254 g/mol. The van der Waals surface area contributed by atoms with Crippen molar-refractivity contribution in [2.24, 2.45) is 0 Å². The maximum atomic E-state index is 12.0. The number of hydrogen-bond donors (Lipinski definition) is 1. The third-order valence-corrected chi connectivity index (χ3v) is 3.03. The monoisotopic (exact) mass is 273 g/mol. The van der Waals surface area contributed by atoms with Crippen LogP contribution in [0.4, 0.5) is 0 Å². The summed E-state index contributed by atoms with van der Waals surface area (Å²) in [4.78, 5) is 12.0. The molecule has 1 aromatic carbocycles. The fourth-order valence-corrected chi connectivity index (χ4v) is 1.81. The molecule has 1 atom stereocenters. The van der Waals surface area contributed by atoms with E-state index in [4.69, 9.17) is 9.15 Å². The van der Waals surface area contributed by atoms with Crippen molar-refractivity contribution in [3.8, 4) is 5.75 Å². The summed E-state index contributed by atoms with van der Waals surface area (Å²) in [5, 5.41) is 2.78. The Kier molecular flexibility index (Phi) is 4.45. The maximum absolute atomic E-state index is 12.0. The van der Waals surface area contributed by atoms with Crippen molar-refractivity contribution >= 4 is 5.91 Å². The predicted octanol–water partition coefficient (Wildman–Crippen LogP) is 2.98. The Labute approximate surface area is 118 Å². The second kappa shape index (κ2) is 6.28. The van der Waals surface area contributed by atoms with Crippen molar-refractivity contribution in [3.05, 3.63) is 53.5 Å². The molecule has 4 heteroatoms. The lowest BCUT2D eigenvalue weighted by molar-refractivity contribution is -0.127. The summed E-state index contributed by atoms with van der Waals surface area (Å²) in [6.45, 7) is 6.06. The van der Waals surface area contributed by atoms with Gasteiger partial charge in [0.05, 0.1) is 12.8 Å². The molecule has 0 saturated carbocycles. The van der Waals surface area contributed by atoms with Gasteiger partial charge in [0, 0.05) is 0 Å². The minimum Gasteiger partial charge on any atom is -0.481 e. The standard InChI is InChI=1S/C16H19NO3/c1-11-6-7-12(2)15(9-11)20-13(3)16(18)17-10-14-5-4-8-19-14/h4-9,13H,10H2,1-3H3,(H,17,18)/t13-/m0/s1. The van der Waals surface area contributed by atoms with E-state index in [2.05, 4.69) is 5.32 Å². The number of ether oxygens (including phenoxy) is 1. The fourth-order valence-electron chi connectivity index (χ4n) is 1.81. The van der Waals surface area contributed by atoms with Gasteiger partial charge < -0.3 is 14.5 Å². The van der Waals surface area contributed by atoms with E-state index in [1.165, 1.54) is 0 Å². The third kappa shape index (κ3) is 3.63. The average molecular weight is 273 g/mol. The van der Waals surface area contributed by atoms with Gasteiger partial charge in [0.15, 0.2) is 6.10 Å². The summed E-state index contributed by atoms with van der Waals surface area (Å²) in [5.41, 5.74) is 2.12. The van der Waals surface area contributed by atoms with E-state index in [-0.39, 0.29) is 5.91 Å². The smallest absolute Gasteiger partial charge is 0.261 e. The van der Waals surface area contributed by atoms with Gasteiger partial charge >= 0.3 is 0 Å². The van der Waals surface area contributed by atoms with Gasteiger partial charge in [0.25, 0.3) is 5.91 Å². The largest absolute Gasteiger partial charge is 0.481 e. The quantitative estimate of drug-likeness (QED) is 0.911. The second-order valence-corrected chi connectivity index (χ2v) is 4.83. The zero-order valence-electron chi connectivity index (χ0n) is 12.0. The summed E-state index contributed by atoms with van der Waals surface area (Å²) < 4.78 is 10.9. The Hall–Kier alpha value is -2.23. The van der Waals surface area contributed by atoms with E-state index in [9.17, 15) is 4.79 Å². The van der Waals surface area contributed by atoms with Crippen LogP contribution in [0.1, 0.15) is 23.8 Å². The Morgan fingerprint density at radius 2 is 2.15 bits per heavy atom. The summed E-state index contributed by atoms with van der Waals surface area (Å²) in [7, 11) is 0. The molecular formula is C16H19NO3. The Bertz CT molecular complexity index is 575. The number of furan rings is 1. The zero-order chi connectivity index (χ0) is 14.5. The topological polar surface area (TPSA) is 51.5 Å². The van der Waals surface area contributed by atoms with Gasteiger partial charge in [-0.3, -0.25) is 4.79 Å². The first-order valence-electron chi connectivity index (χ1n) is 6.60. The first-order chi connectivity index (χ1) is 9.56. The van der Waals surface area contributed by atoms with Crippen LogP contribution in [-0.4, -0.2) is 12.0 Å². The normalized spacial score (nSPS) is 11.9. The van der Waals surface area contributed by atoms with Crippen LogP contribution in [0, 0.1) is 13.8 Å². The van der Waals surface area contributed by atoms with Gasteiger partial charge in [0.1, 0.15) is 11.5 Å². The summed E-state index contributed by atoms with van der Waals surface area (Å²) in [5.74, 6) is 1.30. The molecule has 0 spiro atoms. The van der Waals surface area contributed by atoms with E-state index in [1.54, 1.807) is 19.3 Å². The summed E-state index contributed by atoms with van der Waals surface area (Å²) in [6, 6.07) is 9.54. The SMILES string of the molecule is Cc1ccc(C)c(O[C@@H](C)C(=O)NCc2ccco2)c1. The molecule has 1 heterocycles. The fraction of sp³-hybridized carbons (Fsp3) is 0.312. The van der Waals surface area contributed by atoms with Crippen molar-refractivity contribution in [2.45, 2.75) is 33.4 Å². The number of amides is 1. The molecule has 1 N–H and O–H groups in total. The van der Waals surface area contributed by atoms with E-state index >= 15 is 0 Å². The van der Waals surface area contributed by atoms with Gasteiger partial charge in [-0.1, -0.05) is 12.1 Å². The number of aryl methyl sites for hydroxylation is 2. The van der Waals surface area contributed by atoms with Crippen LogP contribution in [0.2, 0.25) is 0 Å². The molecule has 0 aliphatic rings. The average Bonchev–Trinajstić information content (AvgIpc) is 2.93. The van der Waals surface area contributed by atoms with E-state index in [1.807, 2.05) is 38.1 Å². The summed E-state index contributed by atoms with van der Waals surface area (Å²) >= 11 is 0. The van der Waals surface area contributed by atoms with Gasteiger partial charge in [-0.2, -0.15) is 0 Å². The van der Waals surface area contributed by atoms with E-state index in [0.29, 0.717) is 6.54 Å². The molecule has 2 rings (SSSR count). The minimum atomic E-state index is -0.550. The maximum Gasteiger partial charge on any atom is 0.261 e. The molecule has 1 aromatic heterocycles. The molecule has 0 saturated heterocycles. The minimum absolute atomic E-state index is 0.165. The number of rotatable bonds is 5. The van der Waals surface area contributed by atoms with Crippen LogP contribution < -0.4 is 10.1 Å². The highest BCUT2D eigenvalue weighted by atomic mass is 16.5. The van der Waals surface area contributed by atoms with E-state index in [0.717, 1.165) is 22.6 Å². The molecule has 0 radical (unpaired) electrons. The van der Waals surface area contributed by atoms with Crippen molar-refractivity contribution < 1.29 is 13.9 Å². The molecule has 0 aliphatic heterocycles. The Morgan fingerprint density at radius 3 is 2.85 bits per heavy atom. The molecule has 0 unspecified atom stereocenters. The molecule has 0 fully saturated rings. The lowest BCUT2D eigenvalue weighted by Gasteiger charge is -2.16. The zero-order valence-corrected chi connectivity index (χ0v) is 12.0. The van der Waals surface area contributed by atoms with Crippen molar-refractivity contribution in [3.63, 3.8) is 0 Å². The summed E-state index contributed by atoms with van der Waals surface area (Å²) in [6.07, 6.45) is 1.03. The molecule has 106 valence electrons. The van der Waals surface area contributed by atoms with Gasteiger partial charge in [0.2, 0.25) is 0 Å². The molecule has 1 amide bonds. The number of nitrogens with one attached hydrogen (secondary N) is 1. The highest BCUT2D eigenvalue weighted by molar-refractivity contribution is 5.80. The highest BCUT2D eigenvalue weighted by Gasteiger charge is 2.15. The van der Waals surface area contributed by atoms with Crippen LogP contribution in [0.3, 0.4) is 0 Å². The van der Waals surface area contributed by atoms with Crippen molar-refractivity contribution in [1.82, 2.24) is 5.32 Å². The van der Waals surface area contributed by atoms with Crippen LogP contribution in [0.5, 0.6) is 5.75 Å². The predicted molar refractivity (Wildman–Crippen MR) is 76.6 cm³/mol. The van der Waals surface area contributed by atoms with Gasteiger partial charge in [-0.25, -0.2) is 0 Å². The Morgan fingerprint density at radius 1 is 1.35 bits per heavy atom. The third-order valence-electron chi connectivity index (χ3n) is 3.03. The molecule has 4 nitrogen and oxygen atoms in total. The molecule has 0 bridgehead atoms. The number of carbonyl (C=O) groups excluding carboxylic acids is 1. The lowest BCUT2D eigenvalue weighted by Crippen LogP contribution is -2.35. The van der Waals surface area contributed by atoms with Crippen LogP contribution in [0.25, 0.3) is 0 Å². The first kappa shape index (κ1) is 14.2. The second-order valence-electron chi connectivity index (χ2n) is 4.83. The van der Waals surface area contributed by atoms with Crippen LogP contribution in [0.15, 0.2) is 41.0 Å². The number of carbonyl (C=O) groups is 1. The van der Waals surface area contributed by atoms with Crippen molar-refractivity contribution in [2.75, 3.05) is 0 Å². The first-order valence-corrected chi connectivity index (χ1v) is 6.60. The lowest BCUT2D eigenvalue weighted by atomic mass is 10.1. The molecule has 20 heavy (non-hydrogen) atoms. The van der Waals surface area contributed by atoms with Crippen LogP contribution in [-0.2, 0) is 11.3 Å². The Balaban J connectivity index is 1.92. The van der Waals surface area contributed by atoms with Crippen LogP contribution >= 0.6 is 0 Å². The number of benzene rings is 1.